The number of ketones is 1. The topological polar surface area (TPSA) is 303 Å². The van der Waals surface area contributed by atoms with Crippen LogP contribution in [0.4, 0.5) is 0 Å². The Morgan fingerprint density at radius 3 is 1.85 bits per heavy atom. The van der Waals surface area contributed by atoms with Crippen LogP contribution in [-0.4, -0.2) is 121 Å². The third-order valence-corrected chi connectivity index (χ3v) is 14.7. The van der Waals surface area contributed by atoms with E-state index in [0.717, 1.165) is 44.7 Å². The molecule has 2 aliphatic heterocycles. The number of carbonyl (C=O) groups is 3. The largest absolute Gasteiger partial charge is 0.507 e. The Morgan fingerprint density at radius 2 is 1.37 bits per heavy atom. The molecule has 0 radical (unpaired) electrons. The number of esters is 1. The number of hydrogen-bond acceptors (Lipinski definition) is 22. The predicted octanol–water partition coefficient (Wildman–Crippen LogP) is 5.12. The van der Waals surface area contributed by atoms with Crippen molar-refractivity contribution in [3.8, 4) is 11.5 Å². The molecule has 1 aromatic carbocycles. The van der Waals surface area contributed by atoms with E-state index < -0.39 is 42.4 Å². The number of carbonyl (C=O) groups excluding carboxylic acids is 3. The average Bonchev–Trinajstić information content (AvgIpc) is 3.68. The first-order valence-corrected chi connectivity index (χ1v) is 22.6. The van der Waals surface area contributed by atoms with Crippen molar-refractivity contribution in [2.24, 2.45) is 5.92 Å². The molecule has 1 amide bonds. The first-order chi connectivity index (χ1) is 27.7. The van der Waals surface area contributed by atoms with Crippen molar-refractivity contribution < 1.29 is 68.7 Å². The van der Waals surface area contributed by atoms with E-state index in [-0.39, 0.29) is 69.9 Å². The summed E-state index contributed by atoms with van der Waals surface area (Å²) in [6.07, 6.45) is 2.42. The van der Waals surface area contributed by atoms with E-state index in [4.69, 9.17) is 9.47 Å². The number of rotatable bonds is 24. The highest BCUT2D eigenvalue weighted by molar-refractivity contribution is 8.77. The van der Waals surface area contributed by atoms with E-state index in [1.54, 1.807) is 25.7 Å². The van der Waals surface area contributed by atoms with Gasteiger partial charge in [-0.3, -0.25) is 9.59 Å². The molecular formula is C33H51N5O18S4. The molecule has 2 aliphatic rings. The summed E-state index contributed by atoms with van der Waals surface area (Å²) in [6.45, 7) is 9.45. The summed E-state index contributed by atoms with van der Waals surface area (Å²) in [6, 6.07) is -0.364. The van der Waals surface area contributed by atoms with E-state index in [1.165, 1.54) is 28.5 Å². The van der Waals surface area contributed by atoms with Crippen LogP contribution in [0.25, 0.3) is 0 Å². The van der Waals surface area contributed by atoms with Crippen LogP contribution >= 0.6 is 43.2 Å². The van der Waals surface area contributed by atoms with Gasteiger partial charge < -0.3 is 38.8 Å². The van der Waals surface area contributed by atoms with E-state index >= 15 is 0 Å². The zero-order chi connectivity index (χ0) is 44.4. The maximum Gasteiger partial charge on any atom is 0.350 e. The van der Waals surface area contributed by atoms with E-state index in [9.17, 15) is 59.9 Å². The van der Waals surface area contributed by atoms with Gasteiger partial charge in [0.2, 0.25) is 11.5 Å². The van der Waals surface area contributed by atoms with E-state index in [0.29, 0.717) is 48.6 Å². The zero-order valence-corrected chi connectivity index (χ0v) is 36.3. The standard InChI is InChI=1S/C19H26N2O10S2.C13H21N3O8S2.CH4/c1-11-12(2)17-15(13(3)16(11)22)5-6-19(4,31-17)18(23)28-7-8-32-33-14(9-29-20(24)25)10-30-21(26)27;1-9(13(18)14-5-3-4-12(14)10(2)17)8-25-26-11(6-23-15(19)20)7-24-16(21)22;/h14,22H,5-10H2,1-4H3;9,11-12H,3-8H2,1-2H3;1H4. The van der Waals surface area contributed by atoms with Gasteiger partial charge in [0.15, 0.2) is 5.78 Å². The summed E-state index contributed by atoms with van der Waals surface area (Å²) < 4.78 is 11.4. The molecule has 60 heavy (non-hydrogen) atoms. The summed E-state index contributed by atoms with van der Waals surface area (Å²) in [5, 5.41) is 46.2. The highest BCUT2D eigenvalue weighted by atomic mass is 33.1. The number of aromatic hydroxyl groups is 1. The first kappa shape index (κ1) is 53.6. The van der Waals surface area contributed by atoms with Crippen LogP contribution in [0, 0.1) is 67.1 Å². The molecule has 0 spiro atoms. The minimum absolute atomic E-state index is 0. The van der Waals surface area contributed by atoms with Crippen LogP contribution in [0.3, 0.4) is 0 Å². The minimum atomic E-state index is -1.17. The fraction of sp³-hybridized carbons (Fsp3) is 0.727. The maximum atomic E-state index is 12.7. The number of likely N-dealkylation sites (tertiary alicyclic amines) is 1. The molecular weight excluding hydrogens is 883 g/mol. The quantitative estimate of drug-likeness (QED) is 0.0462. The fourth-order valence-electron chi connectivity index (χ4n) is 5.69. The Morgan fingerprint density at radius 1 is 0.867 bits per heavy atom. The summed E-state index contributed by atoms with van der Waals surface area (Å²) in [7, 11) is 4.68. The van der Waals surface area contributed by atoms with Crippen LogP contribution in [0.15, 0.2) is 0 Å². The van der Waals surface area contributed by atoms with Gasteiger partial charge in [-0.25, -0.2) is 4.79 Å². The molecule has 3 unspecified atom stereocenters. The van der Waals surface area contributed by atoms with Crippen LogP contribution < -0.4 is 4.74 Å². The van der Waals surface area contributed by atoms with Crippen molar-refractivity contribution in [1.82, 2.24) is 4.90 Å². The van der Waals surface area contributed by atoms with Crippen molar-refractivity contribution in [3.63, 3.8) is 0 Å². The van der Waals surface area contributed by atoms with Crippen molar-refractivity contribution in [3.05, 3.63) is 62.7 Å². The predicted molar refractivity (Wildman–Crippen MR) is 221 cm³/mol. The first-order valence-electron chi connectivity index (χ1n) is 17.8. The van der Waals surface area contributed by atoms with Gasteiger partial charge in [0.05, 0.1) is 16.5 Å². The molecule has 0 saturated carbocycles. The number of benzene rings is 1. The lowest BCUT2D eigenvalue weighted by molar-refractivity contribution is -0.765. The van der Waals surface area contributed by atoms with Gasteiger partial charge in [-0.2, -0.15) is 0 Å². The summed E-state index contributed by atoms with van der Waals surface area (Å²) in [5.74, 6) is 0.528. The van der Waals surface area contributed by atoms with Crippen LogP contribution in [0.1, 0.15) is 69.7 Å². The summed E-state index contributed by atoms with van der Waals surface area (Å²) in [5.41, 5.74) is 1.93. The third-order valence-electron chi connectivity index (χ3n) is 8.97. The second-order valence-electron chi connectivity index (χ2n) is 13.3. The Bertz CT molecular complexity index is 1640. The van der Waals surface area contributed by atoms with Gasteiger partial charge in [-0.05, 0) is 70.6 Å². The number of hydrogen-bond donors (Lipinski definition) is 1. The highest BCUT2D eigenvalue weighted by Crippen LogP contribution is 2.43. The fourth-order valence-corrected chi connectivity index (χ4v) is 10.4. The normalized spacial score (nSPS) is 17.1. The van der Waals surface area contributed by atoms with Gasteiger partial charge in [-0.15, -0.1) is 40.5 Å². The molecule has 1 fully saturated rings. The monoisotopic (exact) mass is 933 g/mol. The number of phenolic OH excluding ortho intramolecular Hbond substituents is 1. The molecule has 3 atom stereocenters. The smallest absolute Gasteiger partial charge is 0.350 e. The molecule has 0 aliphatic carbocycles. The van der Waals surface area contributed by atoms with Gasteiger partial charge in [0.1, 0.15) is 44.5 Å². The lowest BCUT2D eigenvalue weighted by Gasteiger charge is -2.35. The minimum Gasteiger partial charge on any atom is -0.507 e. The van der Waals surface area contributed by atoms with Gasteiger partial charge >= 0.3 is 5.97 Å². The van der Waals surface area contributed by atoms with E-state index in [1.807, 2.05) is 13.8 Å². The molecule has 0 aromatic heterocycles. The second-order valence-corrected chi connectivity index (χ2v) is 18.8. The number of phenols is 1. The van der Waals surface area contributed by atoms with Crippen molar-refractivity contribution in [2.45, 2.75) is 96.8 Å². The molecule has 23 nitrogen and oxygen atoms in total. The Kier molecular flexibility index (Phi) is 23.3. The molecule has 340 valence electrons. The SMILES string of the molecule is C.CC(=O)C1CCCN1C(=O)C(C)CSSC(CO[N+](=O)[O-])CO[N+](=O)[O-].Cc1c(C)c2c(c(C)c1O)CCC(C)(C(=O)OCCSSC(CO[N+](=O)[O-])CO[N+](=O)[O-])O2. The van der Waals surface area contributed by atoms with Gasteiger partial charge in [-0.1, -0.05) is 57.5 Å². The lowest BCUT2D eigenvalue weighted by atomic mass is 9.87. The average molecular weight is 934 g/mol. The lowest BCUT2D eigenvalue weighted by Crippen LogP contribution is -2.46. The Balaban J connectivity index is 0.000000607. The second kappa shape index (κ2) is 26.1. The molecule has 27 heteroatoms. The summed E-state index contributed by atoms with van der Waals surface area (Å²) in [4.78, 5) is 96.6. The summed E-state index contributed by atoms with van der Waals surface area (Å²) >= 11 is 0. The Hall–Kier alpha value is -4.37. The van der Waals surface area contributed by atoms with Crippen LogP contribution in [-0.2, 0) is 44.9 Å². The maximum absolute atomic E-state index is 12.7. The van der Waals surface area contributed by atoms with Crippen molar-refractivity contribution >= 4 is 60.8 Å². The van der Waals surface area contributed by atoms with E-state index in [2.05, 4.69) is 19.4 Å². The number of amides is 1. The van der Waals surface area contributed by atoms with Gasteiger partial charge in [0.25, 0.3) is 20.3 Å². The molecule has 1 N–H and O–H groups in total. The molecule has 2 heterocycles. The third kappa shape index (κ3) is 17.3. The zero-order valence-electron chi connectivity index (χ0n) is 33.1. The molecule has 0 bridgehead atoms. The molecule has 1 aromatic rings. The van der Waals surface area contributed by atoms with Crippen LogP contribution in [0.2, 0.25) is 0 Å². The number of ether oxygens (including phenoxy) is 2. The molecule has 3 rings (SSSR count). The van der Waals surface area contributed by atoms with Crippen molar-refractivity contribution in [1.29, 1.82) is 0 Å². The Labute approximate surface area is 361 Å². The molecule has 1 saturated heterocycles. The number of Topliss-reactive ketones (excluding diaryl/α,β-unsaturated/α-hetero) is 1. The number of fused-ring (bicyclic) bond motifs is 1. The van der Waals surface area contributed by atoms with Crippen molar-refractivity contribution in [2.75, 3.05) is 51.1 Å². The number of nitrogens with zero attached hydrogens (tertiary/aromatic N) is 5. The highest BCUT2D eigenvalue weighted by Gasteiger charge is 2.42. The van der Waals surface area contributed by atoms with Crippen LogP contribution in [0.5, 0.6) is 11.5 Å². The van der Waals surface area contributed by atoms with Gasteiger partial charge in [0, 0.05) is 36.0 Å².